The van der Waals surface area contributed by atoms with Gasteiger partial charge in [0, 0.05) is 12.4 Å². The van der Waals surface area contributed by atoms with Crippen molar-refractivity contribution in [3.63, 3.8) is 0 Å². The number of furan rings is 1. The summed E-state index contributed by atoms with van der Waals surface area (Å²) in [5.41, 5.74) is 2.83. The average Bonchev–Trinajstić information content (AvgIpc) is 2.95. The van der Waals surface area contributed by atoms with Gasteiger partial charge in [0.25, 0.3) is 0 Å². The van der Waals surface area contributed by atoms with Gasteiger partial charge >= 0.3 is 5.91 Å². The predicted molar refractivity (Wildman–Crippen MR) is 84.3 cm³/mol. The van der Waals surface area contributed by atoms with Gasteiger partial charge in [0.15, 0.2) is 5.76 Å². The quantitative estimate of drug-likeness (QED) is 0.685. The number of fused-ring (bicyclic) bond motifs is 1. The Kier molecular flexibility index (Phi) is 3.94. The Morgan fingerprint density at radius 2 is 1.91 bits per heavy atom. The van der Waals surface area contributed by atoms with E-state index in [0.29, 0.717) is 12.2 Å². The summed E-state index contributed by atoms with van der Waals surface area (Å²) in [6.45, 7) is 2.34. The highest BCUT2D eigenvalue weighted by Crippen LogP contribution is 2.21. The van der Waals surface area contributed by atoms with E-state index in [0.717, 1.165) is 16.5 Å². The summed E-state index contributed by atoms with van der Waals surface area (Å²) in [6, 6.07) is 17.2. The van der Waals surface area contributed by atoms with Crippen molar-refractivity contribution in [2.75, 3.05) is 7.05 Å². The topological polar surface area (TPSA) is 42.7 Å². The minimum atomic E-state index is -0.301. The van der Waals surface area contributed by atoms with Crippen molar-refractivity contribution in [3.05, 3.63) is 71.5 Å². The fourth-order valence-electron chi connectivity index (χ4n) is 2.23. The van der Waals surface area contributed by atoms with Crippen molar-refractivity contribution in [3.8, 4) is 0 Å². The molecule has 0 saturated carbocycles. The number of amides is 1. The third kappa shape index (κ3) is 3.02. The van der Waals surface area contributed by atoms with E-state index < -0.39 is 0 Å². The second-order valence-electron chi connectivity index (χ2n) is 5.21. The number of carbonyl (C=O) groups is 1. The van der Waals surface area contributed by atoms with Crippen LogP contribution in [-0.2, 0) is 11.4 Å². The van der Waals surface area contributed by atoms with Crippen molar-refractivity contribution < 1.29 is 14.0 Å². The first-order chi connectivity index (χ1) is 10.6. The number of carbonyl (C=O) groups excluding carboxylic acids is 1. The SMILES string of the molecule is Cc1ccc2oc(C(=O)N(C)OCc3ccccc3)cc2c1. The molecule has 112 valence electrons. The van der Waals surface area contributed by atoms with Crippen LogP contribution in [0.5, 0.6) is 0 Å². The zero-order valence-corrected chi connectivity index (χ0v) is 12.6. The molecular formula is C18H17NO3. The standard InChI is InChI=1S/C18H17NO3/c1-13-8-9-16-15(10-13)11-17(22-16)18(20)19(2)21-12-14-6-4-3-5-7-14/h3-11H,12H2,1-2H3. The van der Waals surface area contributed by atoms with E-state index in [1.54, 1.807) is 13.1 Å². The van der Waals surface area contributed by atoms with Crippen LogP contribution in [0.4, 0.5) is 0 Å². The van der Waals surface area contributed by atoms with Crippen LogP contribution in [0.2, 0.25) is 0 Å². The highest BCUT2D eigenvalue weighted by Gasteiger charge is 2.17. The Morgan fingerprint density at radius 1 is 1.14 bits per heavy atom. The van der Waals surface area contributed by atoms with Gasteiger partial charge in [-0.05, 0) is 30.7 Å². The maximum absolute atomic E-state index is 12.3. The smallest absolute Gasteiger partial charge is 0.312 e. The maximum Gasteiger partial charge on any atom is 0.312 e. The third-order valence-electron chi connectivity index (χ3n) is 3.44. The number of nitrogens with zero attached hydrogens (tertiary/aromatic N) is 1. The lowest BCUT2D eigenvalue weighted by Gasteiger charge is -2.15. The van der Waals surface area contributed by atoms with Crippen LogP contribution in [0.15, 0.2) is 59.0 Å². The van der Waals surface area contributed by atoms with Crippen LogP contribution in [0.25, 0.3) is 11.0 Å². The number of hydrogen-bond acceptors (Lipinski definition) is 3. The van der Waals surface area contributed by atoms with Crippen LogP contribution in [0, 0.1) is 6.92 Å². The summed E-state index contributed by atoms with van der Waals surface area (Å²) in [5.74, 6) is -0.0269. The summed E-state index contributed by atoms with van der Waals surface area (Å²) in [6.07, 6.45) is 0. The van der Waals surface area contributed by atoms with Gasteiger partial charge in [0.2, 0.25) is 0 Å². The van der Waals surface area contributed by atoms with Gasteiger partial charge in [-0.1, -0.05) is 42.0 Å². The molecule has 0 aliphatic rings. The van der Waals surface area contributed by atoms with Gasteiger partial charge in [-0.25, -0.2) is 5.06 Å². The predicted octanol–water partition coefficient (Wildman–Crippen LogP) is 3.95. The fraction of sp³-hybridized carbons (Fsp3) is 0.167. The molecule has 1 heterocycles. The second kappa shape index (κ2) is 6.03. The fourth-order valence-corrected chi connectivity index (χ4v) is 2.23. The van der Waals surface area contributed by atoms with Crippen LogP contribution in [0.3, 0.4) is 0 Å². The minimum Gasteiger partial charge on any atom is -0.451 e. The molecule has 0 aliphatic carbocycles. The van der Waals surface area contributed by atoms with Crippen LogP contribution < -0.4 is 0 Å². The Hall–Kier alpha value is -2.59. The summed E-state index contributed by atoms with van der Waals surface area (Å²) < 4.78 is 5.59. The Balaban J connectivity index is 1.71. The minimum absolute atomic E-state index is 0.274. The Morgan fingerprint density at radius 3 is 2.68 bits per heavy atom. The number of aryl methyl sites for hydroxylation is 1. The molecule has 0 N–H and O–H groups in total. The first-order valence-corrected chi connectivity index (χ1v) is 7.08. The molecule has 22 heavy (non-hydrogen) atoms. The van der Waals surface area contributed by atoms with Gasteiger partial charge in [-0.15, -0.1) is 0 Å². The summed E-state index contributed by atoms with van der Waals surface area (Å²) in [5, 5.41) is 2.12. The van der Waals surface area contributed by atoms with E-state index in [4.69, 9.17) is 9.25 Å². The summed E-state index contributed by atoms with van der Waals surface area (Å²) >= 11 is 0. The largest absolute Gasteiger partial charge is 0.451 e. The lowest BCUT2D eigenvalue weighted by atomic mass is 10.2. The molecule has 0 saturated heterocycles. The van der Waals surface area contributed by atoms with Crippen molar-refractivity contribution >= 4 is 16.9 Å². The molecular weight excluding hydrogens is 278 g/mol. The molecule has 0 unspecified atom stereocenters. The van der Waals surface area contributed by atoms with Gasteiger partial charge in [0.1, 0.15) is 12.2 Å². The van der Waals surface area contributed by atoms with Crippen LogP contribution >= 0.6 is 0 Å². The number of hydroxylamine groups is 2. The number of hydrogen-bond donors (Lipinski definition) is 0. The number of benzene rings is 2. The molecule has 0 bridgehead atoms. The molecule has 0 atom stereocenters. The first kappa shape index (κ1) is 14.4. The highest BCUT2D eigenvalue weighted by atomic mass is 16.7. The molecule has 0 spiro atoms. The van der Waals surface area contributed by atoms with E-state index in [-0.39, 0.29) is 11.7 Å². The van der Waals surface area contributed by atoms with E-state index >= 15 is 0 Å². The van der Waals surface area contributed by atoms with Crippen molar-refractivity contribution in [1.82, 2.24) is 5.06 Å². The van der Waals surface area contributed by atoms with Gasteiger partial charge in [-0.3, -0.25) is 9.63 Å². The highest BCUT2D eigenvalue weighted by molar-refractivity contribution is 5.95. The molecule has 2 aromatic carbocycles. The lowest BCUT2D eigenvalue weighted by Crippen LogP contribution is -2.26. The Labute approximate surface area is 128 Å². The third-order valence-corrected chi connectivity index (χ3v) is 3.44. The molecule has 1 aromatic heterocycles. The summed E-state index contributed by atoms with van der Waals surface area (Å²) in [4.78, 5) is 17.8. The summed E-state index contributed by atoms with van der Waals surface area (Å²) in [7, 11) is 1.59. The molecule has 3 rings (SSSR count). The van der Waals surface area contributed by atoms with Crippen molar-refractivity contribution in [2.45, 2.75) is 13.5 Å². The van der Waals surface area contributed by atoms with Crippen LogP contribution in [0.1, 0.15) is 21.7 Å². The van der Waals surface area contributed by atoms with Crippen LogP contribution in [-0.4, -0.2) is 18.0 Å². The molecule has 0 aliphatic heterocycles. The maximum atomic E-state index is 12.3. The lowest BCUT2D eigenvalue weighted by molar-refractivity contribution is -0.117. The zero-order chi connectivity index (χ0) is 15.5. The molecule has 4 nitrogen and oxygen atoms in total. The molecule has 3 aromatic rings. The molecule has 0 fully saturated rings. The normalized spacial score (nSPS) is 10.8. The first-order valence-electron chi connectivity index (χ1n) is 7.08. The number of rotatable bonds is 4. The van der Waals surface area contributed by atoms with E-state index in [1.807, 2.05) is 55.5 Å². The second-order valence-corrected chi connectivity index (χ2v) is 5.21. The zero-order valence-electron chi connectivity index (χ0n) is 12.6. The van der Waals surface area contributed by atoms with E-state index in [1.165, 1.54) is 5.06 Å². The Bertz CT molecular complexity index is 792. The van der Waals surface area contributed by atoms with Gasteiger partial charge in [0.05, 0.1) is 0 Å². The van der Waals surface area contributed by atoms with Crippen molar-refractivity contribution in [2.24, 2.45) is 0 Å². The van der Waals surface area contributed by atoms with E-state index in [2.05, 4.69) is 0 Å². The van der Waals surface area contributed by atoms with Crippen molar-refractivity contribution in [1.29, 1.82) is 0 Å². The van der Waals surface area contributed by atoms with E-state index in [9.17, 15) is 4.79 Å². The monoisotopic (exact) mass is 295 g/mol. The van der Waals surface area contributed by atoms with Gasteiger partial charge in [-0.2, -0.15) is 0 Å². The average molecular weight is 295 g/mol. The molecule has 0 radical (unpaired) electrons. The molecule has 1 amide bonds. The van der Waals surface area contributed by atoms with Gasteiger partial charge < -0.3 is 4.42 Å². The molecule has 4 heteroatoms.